The molecule has 0 bridgehead atoms. The molecule has 44 heavy (non-hydrogen) atoms. The third-order valence-corrected chi connectivity index (χ3v) is 10.3. The number of ether oxygens (including phenoxy) is 1. The first-order valence-electron chi connectivity index (χ1n) is 16.5. The highest BCUT2D eigenvalue weighted by atomic mass is 16.6. The molecule has 6 atom stereocenters. The largest absolute Gasteiger partial charge is 0.393 e. The van der Waals surface area contributed by atoms with Crippen molar-refractivity contribution in [3.05, 3.63) is 95.2 Å². The second kappa shape index (κ2) is 14.0. The summed E-state index contributed by atoms with van der Waals surface area (Å²) in [5.41, 5.74) is 3.23. The smallest absolute Gasteiger partial charge is 0.121 e. The minimum atomic E-state index is -0.828. The van der Waals surface area contributed by atoms with Crippen molar-refractivity contribution in [3.63, 3.8) is 0 Å². The van der Waals surface area contributed by atoms with Crippen molar-refractivity contribution in [2.24, 2.45) is 16.7 Å². The van der Waals surface area contributed by atoms with Gasteiger partial charge in [0.05, 0.1) is 17.8 Å². The molecule has 244 valence electrons. The van der Waals surface area contributed by atoms with E-state index >= 15 is 0 Å². The Hall–Kier alpha value is -2.24. The highest BCUT2D eigenvalue weighted by molar-refractivity contribution is 5.36. The predicted molar refractivity (Wildman–Crippen MR) is 185 cm³/mol. The van der Waals surface area contributed by atoms with Crippen molar-refractivity contribution < 1.29 is 20.1 Å². The van der Waals surface area contributed by atoms with Gasteiger partial charge in [0.15, 0.2) is 0 Å². The fourth-order valence-corrected chi connectivity index (χ4v) is 8.06. The molecular weight excluding hydrogens is 544 g/mol. The molecule has 0 aromatic carbocycles. The van der Waals surface area contributed by atoms with Gasteiger partial charge in [-0.3, -0.25) is 0 Å². The van der Waals surface area contributed by atoms with E-state index in [1.54, 1.807) is 0 Å². The number of allylic oxidation sites excluding steroid dienone is 15. The zero-order chi connectivity index (χ0) is 33.0. The molecule has 3 aliphatic rings. The molecule has 1 saturated heterocycles. The summed E-state index contributed by atoms with van der Waals surface area (Å²) >= 11 is 0. The highest BCUT2D eigenvalue weighted by Gasteiger charge is 2.74. The van der Waals surface area contributed by atoms with Crippen LogP contribution in [0.5, 0.6) is 0 Å². The fourth-order valence-electron chi connectivity index (χ4n) is 8.06. The third kappa shape index (κ3) is 8.94. The molecular formula is C40H60O4. The summed E-state index contributed by atoms with van der Waals surface area (Å²) in [6, 6.07) is 0. The van der Waals surface area contributed by atoms with Gasteiger partial charge in [-0.05, 0) is 84.6 Å². The molecule has 4 nitrogen and oxygen atoms in total. The topological polar surface area (TPSA) is 73.2 Å². The molecule has 2 aliphatic carbocycles. The lowest BCUT2D eigenvalue weighted by Crippen LogP contribution is -2.51. The van der Waals surface area contributed by atoms with Gasteiger partial charge in [-0.15, -0.1) is 0 Å². The molecule has 0 amide bonds. The lowest BCUT2D eigenvalue weighted by atomic mass is 9.59. The molecule has 3 rings (SSSR count). The minimum absolute atomic E-state index is 0.0778. The summed E-state index contributed by atoms with van der Waals surface area (Å²) < 4.78 is 6.25. The van der Waals surface area contributed by atoms with Gasteiger partial charge < -0.3 is 20.1 Å². The van der Waals surface area contributed by atoms with Crippen LogP contribution in [0.1, 0.15) is 108 Å². The molecule has 0 radical (unpaired) electrons. The zero-order valence-electron chi connectivity index (χ0n) is 29.2. The second-order valence-corrected chi connectivity index (χ2v) is 15.7. The Morgan fingerprint density at radius 1 is 0.682 bits per heavy atom. The van der Waals surface area contributed by atoms with E-state index in [4.69, 9.17) is 4.74 Å². The van der Waals surface area contributed by atoms with E-state index in [9.17, 15) is 15.3 Å². The van der Waals surface area contributed by atoms with Crippen LogP contribution in [0.4, 0.5) is 0 Å². The molecule has 0 spiro atoms. The molecule has 1 aliphatic heterocycles. The lowest BCUT2D eigenvalue weighted by Gasteiger charge is -2.50. The van der Waals surface area contributed by atoms with E-state index in [0.717, 1.165) is 31.3 Å². The number of hydrogen-bond acceptors (Lipinski definition) is 4. The highest BCUT2D eigenvalue weighted by Crippen LogP contribution is 2.66. The number of epoxide rings is 1. The monoisotopic (exact) mass is 604 g/mol. The van der Waals surface area contributed by atoms with E-state index in [2.05, 4.69) is 135 Å². The predicted octanol–water partition coefficient (Wildman–Crippen LogP) is 9.03. The molecule has 3 fully saturated rings. The van der Waals surface area contributed by atoms with Gasteiger partial charge in [0.2, 0.25) is 0 Å². The molecule has 0 aromatic rings. The Balaban J connectivity index is 1.47. The second-order valence-electron chi connectivity index (χ2n) is 15.7. The minimum Gasteiger partial charge on any atom is -0.393 e. The maximum absolute atomic E-state index is 11.0. The van der Waals surface area contributed by atoms with Crippen LogP contribution in [0.2, 0.25) is 0 Å². The van der Waals surface area contributed by atoms with Crippen LogP contribution in [-0.4, -0.2) is 44.3 Å². The fraction of sp³-hybridized carbons (Fsp3) is 0.600. The van der Waals surface area contributed by atoms with E-state index in [1.165, 1.54) is 16.7 Å². The Morgan fingerprint density at radius 3 is 1.77 bits per heavy atom. The first-order chi connectivity index (χ1) is 20.3. The van der Waals surface area contributed by atoms with Crippen LogP contribution < -0.4 is 0 Å². The van der Waals surface area contributed by atoms with Crippen LogP contribution in [0.15, 0.2) is 95.2 Å². The average Bonchev–Trinajstić information content (AvgIpc) is 3.49. The quantitative estimate of drug-likeness (QED) is 0.163. The van der Waals surface area contributed by atoms with Crippen LogP contribution >= 0.6 is 0 Å². The van der Waals surface area contributed by atoms with Crippen molar-refractivity contribution >= 4 is 0 Å². The van der Waals surface area contributed by atoms with Gasteiger partial charge in [-0.2, -0.15) is 0 Å². The maximum Gasteiger partial charge on any atom is 0.121 e. The number of aliphatic hydroxyl groups excluding tert-OH is 2. The summed E-state index contributed by atoms with van der Waals surface area (Å²) in [4.78, 5) is 0. The number of hydrogen-bond donors (Lipinski definition) is 3. The first-order valence-corrected chi connectivity index (χ1v) is 16.5. The van der Waals surface area contributed by atoms with Gasteiger partial charge in [0, 0.05) is 18.3 Å². The molecule has 3 N–H and O–H groups in total. The third-order valence-electron chi connectivity index (χ3n) is 10.3. The van der Waals surface area contributed by atoms with Gasteiger partial charge in [-0.25, -0.2) is 0 Å². The van der Waals surface area contributed by atoms with Gasteiger partial charge >= 0.3 is 0 Å². The molecule has 1 heterocycles. The van der Waals surface area contributed by atoms with Crippen LogP contribution in [0.25, 0.3) is 0 Å². The summed E-state index contributed by atoms with van der Waals surface area (Å²) in [6.45, 7) is 21.2. The van der Waals surface area contributed by atoms with Crippen LogP contribution in [0.3, 0.4) is 0 Å². The summed E-state index contributed by atoms with van der Waals surface area (Å²) in [7, 11) is 0. The molecule has 1 unspecified atom stereocenters. The van der Waals surface area contributed by atoms with Crippen molar-refractivity contribution in [1.29, 1.82) is 0 Å². The standard InChI is InChI=1S/C40H60O4/c1-29(17-13-19-31(3)21-22-35-36(5,6)25-33(41)27-38(35,9)43)15-11-12-16-30(2)18-14-20-32(4)23-24-40-37(7,8)26-34(42)28-39(40,10)44-40/h11-20,23-24,33-35,41-43H,21-22,25-28H2,1-10H3/b12-11+,17-13+,18-14+,24-23+,29-15-,30-16+,31-19+,32-20-/t33-,34-,35?,38+,39+,40-/m0/s1. The van der Waals surface area contributed by atoms with E-state index in [0.29, 0.717) is 12.8 Å². The van der Waals surface area contributed by atoms with Gasteiger partial charge in [0.25, 0.3) is 0 Å². The normalized spacial score (nSPS) is 36.6. The Kier molecular flexibility index (Phi) is 11.6. The van der Waals surface area contributed by atoms with Crippen LogP contribution in [0, 0.1) is 16.7 Å². The zero-order valence-corrected chi connectivity index (χ0v) is 29.2. The Bertz CT molecular complexity index is 1250. The lowest BCUT2D eigenvalue weighted by molar-refractivity contribution is -0.131. The number of fused-ring (bicyclic) bond motifs is 1. The van der Waals surface area contributed by atoms with Gasteiger partial charge in [-0.1, -0.05) is 117 Å². The van der Waals surface area contributed by atoms with Crippen molar-refractivity contribution in [2.75, 3.05) is 0 Å². The van der Waals surface area contributed by atoms with Gasteiger partial charge in [0.1, 0.15) is 11.2 Å². The Morgan fingerprint density at radius 2 is 1.20 bits per heavy atom. The number of rotatable bonds is 11. The maximum atomic E-state index is 11.0. The summed E-state index contributed by atoms with van der Waals surface area (Å²) in [5.74, 6) is 0.167. The SMILES string of the molecule is CC(=C/C=C/C=C(C)/C=C/C=C(C)\C=C\[C@@]12O[C@]1(C)C[C@@H](O)CC2(C)C)/C=C/C=C(\C)CCC1C(C)(C)C[C@H](O)C[C@@]1(C)O. The summed E-state index contributed by atoms with van der Waals surface area (Å²) in [5, 5.41) is 31.4. The molecule has 4 heteroatoms. The van der Waals surface area contributed by atoms with Crippen molar-refractivity contribution in [1.82, 2.24) is 0 Å². The summed E-state index contributed by atoms with van der Waals surface area (Å²) in [6.07, 6.45) is 29.2. The Labute approximate surface area is 268 Å². The van der Waals surface area contributed by atoms with E-state index in [-0.39, 0.29) is 34.1 Å². The first kappa shape index (κ1) is 36.2. The van der Waals surface area contributed by atoms with Crippen molar-refractivity contribution in [3.8, 4) is 0 Å². The molecule has 0 aromatic heterocycles. The molecule has 2 saturated carbocycles. The van der Waals surface area contributed by atoms with E-state index in [1.807, 2.05) is 6.92 Å². The van der Waals surface area contributed by atoms with Crippen LogP contribution in [-0.2, 0) is 4.74 Å². The number of aliphatic hydroxyl groups is 3. The average molecular weight is 605 g/mol. The van der Waals surface area contributed by atoms with Crippen molar-refractivity contribution in [2.45, 2.75) is 137 Å². The van der Waals surface area contributed by atoms with E-state index < -0.39 is 11.7 Å².